The van der Waals surface area contributed by atoms with Gasteiger partial charge in [-0.05, 0) is 49.9 Å². The largest absolute Gasteiger partial charge is 0.497 e. The number of aryl methyl sites for hydroxylation is 1. The topological polar surface area (TPSA) is 91.2 Å². The van der Waals surface area contributed by atoms with E-state index in [2.05, 4.69) is 20.4 Å². The molecule has 1 aromatic carbocycles. The van der Waals surface area contributed by atoms with Crippen molar-refractivity contribution in [2.45, 2.75) is 37.8 Å². The molecule has 8 heteroatoms. The third-order valence-electron chi connectivity index (χ3n) is 5.30. The van der Waals surface area contributed by atoms with E-state index in [0.29, 0.717) is 11.7 Å². The van der Waals surface area contributed by atoms with Crippen LogP contribution in [0.5, 0.6) is 11.8 Å². The maximum Gasteiger partial charge on any atom is 0.316 e. The van der Waals surface area contributed by atoms with Crippen molar-refractivity contribution in [2.75, 3.05) is 7.11 Å². The van der Waals surface area contributed by atoms with Gasteiger partial charge in [0.15, 0.2) is 0 Å². The summed E-state index contributed by atoms with van der Waals surface area (Å²) < 4.78 is 12.7. The van der Waals surface area contributed by atoms with Gasteiger partial charge in [0.2, 0.25) is 0 Å². The van der Waals surface area contributed by atoms with Gasteiger partial charge in [-0.25, -0.2) is 9.97 Å². The number of nitrogens with zero attached hydrogens (tertiary/aromatic N) is 4. The lowest BCUT2D eigenvalue weighted by molar-refractivity contribution is 0.0876. The number of ether oxygens (including phenoxy) is 2. The van der Waals surface area contributed by atoms with Crippen LogP contribution in [0.3, 0.4) is 0 Å². The zero-order chi connectivity index (χ0) is 20.9. The van der Waals surface area contributed by atoms with Crippen molar-refractivity contribution in [3.05, 3.63) is 54.5 Å². The Hall–Kier alpha value is -3.42. The average Bonchev–Trinajstić information content (AvgIpc) is 3.18. The fourth-order valence-corrected chi connectivity index (χ4v) is 3.68. The quantitative estimate of drug-likeness (QED) is 0.675. The monoisotopic (exact) mass is 407 g/mol. The van der Waals surface area contributed by atoms with Gasteiger partial charge in [0, 0.05) is 31.0 Å². The van der Waals surface area contributed by atoms with Crippen molar-refractivity contribution in [1.82, 2.24) is 25.1 Å². The van der Waals surface area contributed by atoms with E-state index in [1.807, 2.05) is 30.3 Å². The molecule has 30 heavy (non-hydrogen) atoms. The number of carbonyl (C=O) groups excluding carboxylic acids is 1. The third kappa shape index (κ3) is 4.59. The fraction of sp³-hybridized carbons (Fsp3) is 0.364. The van der Waals surface area contributed by atoms with E-state index in [1.165, 1.54) is 0 Å². The second-order valence-electron chi connectivity index (χ2n) is 7.37. The number of benzene rings is 1. The molecular formula is C22H25N5O3. The summed E-state index contributed by atoms with van der Waals surface area (Å²) in [5.74, 6) is 0.638. The van der Waals surface area contributed by atoms with Crippen LogP contribution in [0.2, 0.25) is 0 Å². The van der Waals surface area contributed by atoms with Crippen molar-refractivity contribution in [1.29, 1.82) is 0 Å². The number of rotatable bonds is 6. The number of methoxy groups -OCH3 is 1. The molecule has 156 valence electrons. The first kappa shape index (κ1) is 19.9. The zero-order valence-electron chi connectivity index (χ0n) is 17.1. The lowest BCUT2D eigenvalue weighted by Crippen LogP contribution is -2.40. The second-order valence-corrected chi connectivity index (χ2v) is 7.37. The number of aromatic nitrogens is 4. The molecule has 1 N–H and O–H groups in total. The molecule has 0 bridgehead atoms. The summed E-state index contributed by atoms with van der Waals surface area (Å²) in [7, 11) is 3.41. The molecule has 0 aliphatic heterocycles. The van der Waals surface area contributed by atoms with Gasteiger partial charge >= 0.3 is 6.01 Å². The molecule has 4 rings (SSSR count). The first-order valence-electron chi connectivity index (χ1n) is 10.1. The Morgan fingerprint density at radius 3 is 2.60 bits per heavy atom. The summed E-state index contributed by atoms with van der Waals surface area (Å²) in [6.45, 7) is 0. The van der Waals surface area contributed by atoms with Gasteiger partial charge in [0.25, 0.3) is 5.91 Å². The molecule has 0 spiro atoms. The molecule has 1 fully saturated rings. The molecule has 1 aliphatic carbocycles. The van der Waals surface area contributed by atoms with Crippen LogP contribution in [0.15, 0.2) is 48.8 Å². The van der Waals surface area contributed by atoms with Gasteiger partial charge in [-0.2, -0.15) is 5.10 Å². The number of nitrogens with one attached hydrogen (secondary N) is 1. The Balaban J connectivity index is 1.35. The second kappa shape index (κ2) is 8.94. The molecule has 3 aromatic rings. The SMILES string of the molecule is COc1cccc(-c2cc(C(=O)NC3CCC(Oc4ncccn4)CC3)n(C)n2)c1. The lowest BCUT2D eigenvalue weighted by Gasteiger charge is -2.28. The van der Waals surface area contributed by atoms with Crippen LogP contribution in [0.1, 0.15) is 36.2 Å². The summed E-state index contributed by atoms with van der Waals surface area (Å²) >= 11 is 0. The highest BCUT2D eigenvalue weighted by Crippen LogP contribution is 2.25. The predicted octanol–water partition coefficient (Wildman–Crippen LogP) is 3.01. The minimum atomic E-state index is -0.116. The van der Waals surface area contributed by atoms with Crippen molar-refractivity contribution < 1.29 is 14.3 Å². The highest BCUT2D eigenvalue weighted by molar-refractivity contribution is 5.93. The molecular weight excluding hydrogens is 382 g/mol. The van der Waals surface area contributed by atoms with E-state index >= 15 is 0 Å². The van der Waals surface area contributed by atoms with Crippen molar-refractivity contribution in [2.24, 2.45) is 7.05 Å². The van der Waals surface area contributed by atoms with Crippen LogP contribution in [0.25, 0.3) is 11.3 Å². The molecule has 2 heterocycles. The first-order chi connectivity index (χ1) is 14.6. The minimum absolute atomic E-state index is 0.0805. The van der Waals surface area contributed by atoms with Crippen molar-refractivity contribution in [3.63, 3.8) is 0 Å². The maximum atomic E-state index is 12.8. The van der Waals surface area contributed by atoms with Gasteiger partial charge in [-0.1, -0.05) is 12.1 Å². The molecule has 1 saturated carbocycles. The number of hydrogen-bond acceptors (Lipinski definition) is 6. The lowest BCUT2D eigenvalue weighted by atomic mass is 9.93. The highest BCUT2D eigenvalue weighted by atomic mass is 16.5. The van der Waals surface area contributed by atoms with E-state index in [1.54, 1.807) is 37.3 Å². The van der Waals surface area contributed by atoms with Gasteiger partial charge in [-0.3, -0.25) is 9.48 Å². The third-order valence-corrected chi connectivity index (χ3v) is 5.30. The minimum Gasteiger partial charge on any atom is -0.497 e. The molecule has 0 radical (unpaired) electrons. The molecule has 1 amide bonds. The van der Waals surface area contributed by atoms with E-state index in [4.69, 9.17) is 9.47 Å². The van der Waals surface area contributed by atoms with Gasteiger partial charge in [-0.15, -0.1) is 0 Å². The van der Waals surface area contributed by atoms with Crippen LogP contribution in [-0.2, 0) is 7.05 Å². The van der Waals surface area contributed by atoms with E-state index in [-0.39, 0.29) is 18.1 Å². The van der Waals surface area contributed by atoms with Gasteiger partial charge in [0.05, 0.1) is 12.8 Å². The molecule has 2 aromatic heterocycles. The summed E-state index contributed by atoms with van der Waals surface area (Å²) in [6.07, 6.45) is 6.82. The maximum absolute atomic E-state index is 12.8. The van der Waals surface area contributed by atoms with Crippen LogP contribution in [0.4, 0.5) is 0 Å². The normalized spacial score (nSPS) is 18.6. The van der Waals surface area contributed by atoms with Crippen molar-refractivity contribution >= 4 is 5.91 Å². The number of amides is 1. The number of carbonyl (C=O) groups is 1. The van der Waals surface area contributed by atoms with E-state index in [0.717, 1.165) is 42.7 Å². The van der Waals surface area contributed by atoms with Crippen LogP contribution in [-0.4, -0.2) is 44.9 Å². The summed E-state index contributed by atoms with van der Waals surface area (Å²) in [5, 5.41) is 7.63. The van der Waals surface area contributed by atoms with Gasteiger partial charge in [0.1, 0.15) is 17.5 Å². The average molecular weight is 407 g/mol. The predicted molar refractivity (Wildman–Crippen MR) is 111 cm³/mol. The zero-order valence-corrected chi connectivity index (χ0v) is 17.1. The van der Waals surface area contributed by atoms with Crippen LogP contribution >= 0.6 is 0 Å². The highest BCUT2D eigenvalue weighted by Gasteiger charge is 2.25. The number of hydrogen-bond donors (Lipinski definition) is 1. The van der Waals surface area contributed by atoms with Gasteiger partial charge < -0.3 is 14.8 Å². The Bertz CT molecular complexity index is 997. The van der Waals surface area contributed by atoms with Crippen LogP contribution in [0, 0.1) is 0 Å². The molecule has 0 atom stereocenters. The Labute approximate surface area is 175 Å². The first-order valence-corrected chi connectivity index (χ1v) is 10.1. The smallest absolute Gasteiger partial charge is 0.316 e. The summed E-state index contributed by atoms with van der Waals surface area (Å²) in [4.78, 5) is 21.0. The van der Waals surface area contributed by atoms with Crippen LogP contribution < -0.4 is 14.8 Å². The Morgan fingerprint density at radius 2 is 1.87 bits per heavy atom. The molecule has 0 saturated heterocycles. The summed E-state index contributed by atoms with van der Waals surface area (Å²) in [6, 6.07) is 11.7. The molecule has 1 aliphatic rings. The summed E-state index contributed by atoms with van der Waals surface area (Å²) in [5.41, 5.74) is 2.18. The Morgan fingerprint density at radius 1 is 1.10 bits per heavy atom. The van der Waals surface area contributed by atoms with E-state index < -0.39 is 0 Å². The van der Waals surface area contributed by atoms with E-state index in [9.17, 15) is 4.79 Å². The Kier molecular flexibility index (Phi) is 5.92. The van der Waals surface area contributed by atoms with Crippen molar-refractivity contribution in [3.8, 4) is 23.0 Å². The fourth-order valence-electron chi connectivity index (χ4n) is 3.68. The molecule has 0 unspecified atom stereocenters. The molecule has 8 nitrogen and oxygen atoms in total. The standard InChI is InChI=1S/C22H25N5O3/c1-27-20(14-19(26-27)15-5-3-6-18(13-15)29-2)21(28)25-16-7-9-17(10-8-16)30-22-23-11-4-12-24-22/h3-6,11-14,16-17H,7-10H2,1-2H3,(H,25,28).